The minimum Gasteiger partial charge on any atom is -0.811 e. The van der Waals surface area contributed by atoms with Crippen LogP contribution >= 0.6 is 7.60 Å². The van der Waals surface area contributed by atoms with Crippen molar-refractivity contribution in [3.63, 3.8) is 0 Å². The molecule has 0 aromatic heterocycles. The van der Waals surface area contributed by atoms with Gasteiger partial charge in [-0.2, -0.15) is 0 Å². The summed E-state index contributed by atoms with van der Waals surface area (Å²) in [6, 6.07) is 0. The van der Waals surface area contributed by atoms with Gasteiger partial charge in [0.1, 0.15) is 0 Å². The number of hydrogen-bond acceptors (Lipinski definition) is 6. The summed E-state index contributed by atoms with van der Waals surface area (Å²) in [6.45, 7) is 7.10. The SMILES string of the molecule is CCC1C[N+](CCCP(=O)([O-])[O-])(CCCS(=O)(=O)[O-])CC1CC. The molecule has 0 aromatic rings. The Morgan fingerprint density at radius 2 is 1.52 bits per heavy atom. The molecule has 23 heavy (non-hydrogen) atoms. The van der Waals surface area contributed by atoms with Gasteiger partial charge in [0.25, 0.3) is 0 Å². The Kier molecular flexibility index (Phi) is 7.70. The van der Waals surface area contributed by atoms with E-state index in [1.807, 2.05) is 0 Å². The second kappa shape index (κ2) is 8.41. The van der Waals surface area contributed by atoms with Gasteiger partial charge < -0.3 is 23.4 Å². The van der Waals surface area contributed by atoms with Crippen molar-refractivity contribution in [2.75, 3.05) is 38.1 Å². The van der Waals surface area contributed by atoms with Gasteiger partial charge >= 0.3 is 0 Å². The van der Waals surface area contributed by atoms with E-state index in [1.165, 1.54) is 0 Å². The first kappa shape index (κ1) is 21.1. The van der Waals surface area contributed by atoms with Gasteiger partial charge in [0.2, 0.25) is 0 Å². The van der Waals surface area contributed by atoms with E-state index in [1.54, 1.807) is 0 Å². The fourth-order valence-corrected chi connectivity index (χ4v) is 4.96. The molecule has 9 heteroatoms. The van der Waals surface area contributed by atoms with Crippen LogP contribution in [0.1, 0.15) is 39.5 Å². The molecule has 138 valence electrons. The van der Waals surface area contributed by atoms with Crippen LogP contribution in [-0.2, 0) is 14.7 Å². The molecule has 0 aromatic carbocycles. The standard InChI is InChI=1S/C14H30NO6PS/c1-3-13-11-15(12-14(13)4-2,7-5-9-22(16,17)18)8-6-10-23(19,20)21/h13-14H,3-12H2,1-2H3,(H2-,16,17,18,19,20,21)/p-2. The molecule has 1 aliphatic rings. The Hall–Kier alpha value is 0.0200. The van der Waals surface area contributed by atoms with E-state index in [2.05, 4.69) is 13.8 Å². The zero-order chi connectivity index (χ0) is 17.7. The molecule has 1 heterocycles. The Labute approximate surface area is 139 Å². The van der Waals surface area contributed by atoms with E-state index in [9.17, 15) is 27.3 Å². The van der Waals surface area contributed by atoms with Crippen LogP contribution in [0.4, 0.5) is 0 Å². The lowest BCUT2D eigenvalue weighted by Crippen LogP contribution is -2.48. The first-order chi connectivity index (χ1) is 10.5. The van der Waals surface area contributed by atoms with Gasteiger partial charge in [-0.1, -0.05) is 21.4 Å². The van der Waals surface area contributed by atoms with Crippen molar-refractivity contribution in [2.24, 2.45) is 11.8 Å². The van der Waals surface area contributed by atoms with E-state index >= 15 is 0 Å². The zero-order valence-corrected chi connectivity index (χ0v) is 15.7. The predicted molar refractivity (Wildman–Crippen MR) is 83.6 cm³/mol. The molecule has 7 nitrogen and oxygen atoms in total. The van der Waals surface area contributed by atoms with Crippen molar-refractivity contribution in [1.29, 1.82) is 0 Å². The third-order valence-corrected chi connectivity index (χ3v) is 6.70. The highest BCUT2D eigenvalue weighted by Crippen LogP contribution is 2.35. The summed E-state index contributed by atoms with van der Waals surface area (Å²) in [5.74, 6) is 0.660. The van der Waals surface area contributed by atoms with E-state index in [0.717, 1.165) is 25.9 Å². The lowest BCUT2D eigenvalue weighted by Gasteiger charge is -2.37. The van der Waals surface area contributed by atoms with E-state index in [0.29, 0.717) is 35.8 Å². The lowest BCUT2D eigenvalue weighted by atomic mass is 9.92. The molecular formula is C14H28NO6PS-2. The minimum atomic E-state index is -4.51. The second-order valence-electron chi connectivity index (χ2n) is 6.79. The van der Waals surface area contributed by atoms with Crippen molar-refractivity contribution in [1.82, 2.24) is 0 Å². The van der Waals surface area contributed by atoms with Crippen LogP contribution in [0.5, 0.6) is 0 Å². The molecule has 0 saturated carbocycles. The minimum absolute atomic E-state index is 0.283. The highest BCUT2D eigenvalue weighted by Gasteiger charge is 2.42. The van der Waals surface area contributed by atoms with E-state index < -0.39 is 17.7 Å². The molecule has 1 saturated heterocycles. The Balaban J connectivity index is 2.73. The maximum atomic E-state index is 10.8. The molecule has 2 unspecified atom stereocenters. The van der Waals surface area contributed by atoms with Gasteiger partial charge in [-0.15, -0.1) is 0 Å². The second-order valence-corrected chi connectivity index (χ2v) is 9.99. The number of rotatable bonds is 10. The van der Waals surface area contributed by atoms with Gasteiger partial charge in [0, 0.05) is 30.4 Å². The number of quaternary nitrogens is 1. The van der Waals surface area contributed by atoms with Crippen molar-refractivity contribution >= 4 is 17.7 Å². The molecule has 2 atom stereocenters. The third kappa shape index (κ3) is 7.63. The van der Waals surface area contributed by atoms with Gasteiger partial charge in [0.15, 0.2) is 0 Å². The molecule has 1 rings (SSSR count). The van der Waals surface area contributed by atoms with Gasteiger partial charge in [-0.05, 0) is 19.0 Å². The van der Waals surface area contributed by atoms with Gasteiger partial charge in [-0.3, -0.25) is 0 Å². The predicted octanol–water partition coefficient (Wildman–Crippen LogP) is 0.108. The van der Waals surface area contributed by atoms with Crippen LogP contribution in [0.3, 0.4) is 0 Å². The van der Waals surface area contributed by atoms with Crippen molar-refractivity contribution in [2.45, 2.75) is 39.5 Å². The van der Waals surface area contributed by atoms with Gasteiger partial charge in [0.05, 0.1) is 36.3 Å². The smallest absolute Gasteiger partial charge is 0.0948 e. The van der Waals surface area contributed by atoms with Crippen molar-refractivity contribution < 1.29 is 31.8 Å². The normalized spacial score (nSPS) is 29.1. The third-order valence-electron chi connectivity index (χ3n) is 5.05. The molecule has 0 radical (unpaired) electrons. The molecule has 1 fully saturated rings. The maximum Gasteiger partial charge on any atom is 0.0948 e. The Morgan fingerprint density at radius 3 is 1.91 bits per heavy atom. The summed E-state index contributed by atoms with van der Waals surface area (Å²) < 4.78 is 43.9. The van der Waals surface area contributed by atoms with Crippen LogP contribution in [0.25, 0.3) is 0 Å². The fraction of sp³-hybridized carbons (Fsp3) is 1.00. The maximum absolute atomic E-state index is 10.8. The van der Waals surface area contributed by atoms with E-state index in [-0.39, 0.29) is 18.3 Å². The highest BCUT2D eigenvalue weighted by atomic mass is 32.2. The lowest BCUT2D eigenvalue weighted by molar-refractivity contribution is -0.919. The zero-order valence-electron chi connectivity index (χ0n) is 14.0. The van der Waals surface area contributed by atoms with Crippen LogP contribution in [-0.4, -0.2) is 55.5 Å². The summed E-state index contributed by atoms with van der Waals surface area (Å²) in [7, 11) is -8.73. The Morgan fingerprint density at radius 1 is 1.04 bits per heavy atom. The largest absolute Gasteiger partial charge is 0.811 e. The molecule has 0 spiro atoms. The highest BCUT2D eigenvalue weighted by molar-refractivity contribution is 7.85. The average Bonchev–Trinajstić information content (AvgIpc) is 2.74. The Bertz CT molecular complexity index is 505. The van der Waals surface area contributed by atoms with Gasteiger partial charge in [-0.25, -0.2) is 8.42 Å². The first-order valence-electron chi connectivity index (χ1n) is 8.30. The van der Waals surface area contributed by atoms with Crippen molar-refractivity contribution in [3.05, 3.63) is 0 Å². The molecule has 1 aliphatic heterocycles. The number of likely N-dealkylation sites (tertiary alicyclic amines) is 1. The van der Waals surface area contributed by atoms with Crippen LogP contribution in [0, 0.1) is 11.8 Å². The van der Waals surface area contributed by atoms with Crippen LogP contribution in [0.2, 0.25) is 0 Å². The molecule has 0 bridgehead atoms. The average molecular weight is 369 g/mol. The molecular weight excluding hydrogens is 341 g/mol. The summed E-state index contributed by atoms with van der Waals surface area (Å²) >= 11 is 0. The molecule has 0 aliphatic carbocycles. The molecule has 0 amide bonds. The first-order valence-corrected chi connectivity index (χ1v) is 11.6. The summed E-state index contributed by atoms with van der Waals surface area (Å²) in [5.41, 5.74) is 0. The number of nitrogens with zero attached hydrogens (tertiary/aromatic N) is 1. The monoisotopic (exact) mass is 369 g/mol. The van der Waals surface area contributed by atoms with Crippen LogP contribution < -0.4 is 9.79 Å². The summed E-state index contributed by atoms with van der Waals surface area (Å²) in [5, 5.41) is 0. The van der Waals surface area contributed by atoms with Crippen LogP contribution in [0.15, 0.2) is 0 Å². The quantitative estimate of drug-likeness (QED) is 0.306. The fourth-order valence-electron chi connectivity index (χ4n) is 3.95. The van der Waals surface area contributed by atoms with Crippen molar-refractivity contribution in [3.8, 4) is 0 Å². The number of hydrogen-bond donors (Lipinski definition) is 0. The summed E-state index contributed by atoms with van der Waals surface area (Å²) in [6.07, 6.45) is 2.27. The summed E-state index contributed by atoms with van der Waals surface area (Å²) in [4.78, 5) is 21.7. The molecule has 0 N–H and O–H groups in total. The van der Waals surface area contributed by atoms with E-state index in [4.69, 9.17) is 0 Å². The topological polar surface area (TPSA) is 120 Å².